The van der Waals surface area contributed by atoms with Crippen LogP contribution in [0.25, 0.3) is 11.1 Å². The van der Waals surface area contributed by atoms with Crippen molar-refractivity contribution in [2.45, 2.75) is 25.9 Å². The van der Waals surface area contributed by atoms with Gasteiger partial charge in [-0.3, -0.25) is 9.59 Å². The lowest BCUT2D eigenvalue weighted by molar-refractivity contribution is -0.146. The maximum absolute atomic E-state index is 12.4. The first kappa shape index (κ1) is 19.1. The molecule has 5 heteroatoms. The van der Waals surface area contributed by atoms with Gasteiger partial charge in [0.15, 0.2) is 0 Å². The highest BCUT2D eigenvalue weighted by Gasteiger charge is 2.23. The second-order valence-corrected chi connectivity index (χ2v) is 6.94. The highest BCUT2D eigenvalue weighted by atomic mass is 16.5. The Morgan fingerprint density at radius 2 is 1.74 bits per heavy atom. The fourth-order valence-electron chi connectivity index (χ4n) is 3.16. The Morgan fingerprint density at radius 1 is 1.11 bits per heavy atom. The number of benzene rings is 2. The molecule has 1 fully saturated rings. The molecule has 2 amide bonds. The fourth-order valence-corrected chi connectivity index (χ4v) is 3.16. The van der Waals surface area contributed by atoms with Gasteiger partial charge in [-0.2, -0.15) is 0 Å². The third-order valence-electron chi connectivity index (χ3n) is 4.81. The van der Waals surface area contributed by atoms with Crippen LogP contribution in [0.5, 0.6) is 0 Å². The summed E-state index contributed by atoms with van der Waals surface area (Å²) in [5.41, 5.74) is 4.19. The number of carbonyl (C=O) groups excluding carboxylic acids is 2. The van der Waals surface area contributed by atoms with E-state index >= 15 is 0 Å². The smallest absolute Gasteiger partial charge is 0.251 e. The van der Waals surface area contributed by atoms with E-state index in [2.05, 4.69) is 36.5 Å². The van der Waals surface area contributed by atoms with E-state index in [4.69, 9.17) is 4.74 Å². The number of amides is 2. The van der Waals surface area contributed by atoms with Crippen LogP contribution < -0.4 is 5.32 Å². The number of ether oxygens (including phenoxy) is 1. The molecule has 1 aliphatic heterocycles. The minimum Gasteiger partial charge on any atom is -0.365 e. The molecule has 27 heavy (non-hydrogen) atoms. The molecule has 0 spiro atoms. The molecule has 142 valence electrons. The standard InChI is InChI=1S/C22H26N2O3/c1-3-4-16-5-7-17(8-6-16)18-9-11-19(12-10-18)22(26)23-13-20-14-24(2)21(25)15-27-20/h5-12,20H,3-4,13-15H2,1-2H3,(H,23,26). The molecule has 0 radical (unpaired) electrons. The largest absolute Gasteiger partial charge is 0.365 e. The molecule has 3 rings (SSSR count). The van der Waals surface area contributed by atoms with Gasteiger partial charge in [0.1, 0.15) is 6.61 Å². The highest BCUT2D eigenvalue weighted by molar-refractivity contribution is 5.94. The predicted molar refractivity (Wildman–Crippen MR) is 106 cm³/mol. The second-order valence-electron chi connectivity index (χ2n) is 6.94. The van der Waals surface area contributed by atoms with Crippen molar-refractivity contribution in [2.24, 2.45) is 0 Å². The normalized spacial score (nSPS) is 17.0. The van der Waals surface area contributed by atoms with Crippen LogP contribution in [0.4, 0.5) is 0 Å². The first-order valence-electron chi connectivity index (χ1n) is 9.40. The van der Waals surface area contributed by atoms with Crippen molar-refractivity contribution >= 4 is 11.8 Å². The lowest BCUT2D eigenvalue weighted by Gasteiger charge is -2.29. The first-order chi connectivity index (χ1) is 13.1. The predicted octanol–water partition coefficient (Wildman–Crippen LogP) is 2.89. The molecule has 2 aromatic rings. The Morgan fingerprint density at radius 3 is 2.33 bits per heavy atom. The number of aryl methyl sites for hydroxylation is 1. The lowest BCUT2D eigenvalue weighted by atomic mass is 10.0. The van der Waals surface area contributed by atoms with Crippen molar-refractivity contribution in [2.75, 3.05) is 26.7 Å². The minimum absolute atomic E-state index is 0.0316. The van der Waals surface area contributed by atoms with E-state index in [9.17, 15) is 9.59 Å². The molecule has 2 aromatic carbocycles. The van der Waals surface area contributed by atoms with E-state index in [1.165, 1.54) is 5.56 Å². The molecule has 1 N–H and O–H groups in total. The van der Waals surface area contributed by atoms with E-state index in [0.717, 1.165) is 24.0 Å². The van der Waals surface area contributed by atoms with Gasteiger partial charge >= 0.3 is 0 Å². The Labute approximate surface area is 160 Å². The van der Waals surface area contributed by atoms with Gasteiger partial charge in [-0.05, 0) is 35.2 Å². The SMILES string of the molecule is CCCc1ccc(-c2ccc(C(=O)NCC3CN(C)C(=O)CO3)cc2)cc1. The van der Waals surface area contributed by atoms with Crippen LogP contribution in [-0.4, -0.2) is 49.6 Å². The Bertz CT molecular complexity index is 784. The van der Waals surface area contributed by atoms with E-state index in [1.54, 1.807) is 11.9 Å². The second kappa shape index (κ2) is 8.82. The van der Waals surface area contributed by atoms with Gasteiger partial charge in [0.05, 0.1) is 6.10 Å². The Kier molecular flexibility index (Phi) is 6.24. The summed E-state index contributed by atoms with van der Waals surface area (Å²) in [5, 5.41) is 2.88. The third kappa shape index (κ3) is 4.95. The number of nitrogens with zero attached hydrogens (tertiary/aromatic N) is 1. The molecule has 0 saturated carbocycles. The number of rotatable bonds is 6. The van der Waals surface area contributed by atoms with Gasteiger partial charge in [0.25, 0.3) is 5.91 Å². The summed E-state index contributed by atoms with van der Waals surface area (Å²) in [6.45, 7) is 3.13. The van der Waals surface area contributed by atoms with Gasteiger partial charge in [-0.15, -0.1) is 0 Å². The molecule has 1 heterocycles. The van der Waals surface area contributed by atoms with Crippen LogP contribution >= 0.6 is 0 Å². The molecule has 1 atom stereocenters. The van der Waals surface area contributed by atoms with Crippen LogP contribution in [-0.2, 0) is 16.0 Å². The van der Waals surface area contributed by atoms with Gasteiger partial charge in [0, 0.05) is 25.7 Å². The molecule has 0 bridgehead atoms. The molecule has 1 unspecified atom stereocenters. The average Bonchev–Trinajstić information content (AvgIpc) is 2.70. The van der Waals surface area contributed by atoms with Crippen molar-refractivity contribution in [3.8, 4) is 11.1 Å². The first-order valence-corrected chi connectivity index (χ1v) is 9.40. The summed E-state index contributed by atoms with van der Waals surface area (Å²) >= 11 is 0. The Hall–Kier alpha value is -2.66. The molecule has 5 nitrogen and oxygen atoms in total. The van der Waals surface area contributed by atoms with Crippen LogP contribution in [0.15, 0.2) is 48.5 Å². The van der Waals surface area contributed by atoms with E-state index in [1.807, 2.05) is 24.3 Å². The van der Waals surface area contributed by atoms with Crippen molar-refractivity contribution in [1.82, 2.24) is 10.2 Å². The maximum Gasteiger partial charge on any atom is 0.251 e. The maximum atomic E-state index is 12.4. The molecule has 1 aliphatic rings. The van der Waals surface area contributed by atoms with Crippen LogP contribution in [0.1, 0.15) is 29.3 Å². The number of carbonyl (C=O) groups is 2. The molecule has 1 saturated heterocycles. The van der Waals surface area contributed by atoms with Crippen LogP contribution in [0.3, 0.4) is 0 Å². The summed E-state index contributed by atoms with van der Waals surface area (Å²) in [5.74, 6) is -0.168. The van der Waals surface area contributed by atoms with Gasteiger partial charge in [-0.25, -0.2) is 0 Å². The van der Waals surface area contributed by atoms with Crippen molar-refractivity contribution in [3.63, 3.8) is 0 Å². The van der Waals surface area contributed by atoms with Crippen molar-refractivity contribution < 1.29 is 14.3 Å². The number of likely N-dealkylation sites (N-methyl/N-ethyl adjacent to an activating group) is 1. The van der Waals surface area contributed by atoms with Crippen molar-refractivity contribution in [3.05, 3.63) is 59.7 Å². The average molecular weight is 366 g/mol. The number of hydrogen-bond acceptors (Lipinski definition) is 3. The number of hydrogen-bond donors (Lipinski definition) is 1. The zero-order chi connectivity index (χ0) is 19.2. The van der Waals surface area contributed by atoms with E-state index < -0.39 is 0 Å². The number of nitrogens with one attached hydrogen (secondary N) is 1. The summed E-state index contributed by atoms with van der Waals surface area (Å²) in [6, 6.07) is 16.2. The quantitative estimate of drug-likeness (QED) is 0.855. The minimum atomic E-state index is -0.169. The zero-order valence-electron chi connectivity index (χ0n) is 15.9. The monoisotopic (exact) mass is 366 g/mol. The zero-order valence-corrected chi connectivity index (χ0v) is 15.9. The highest BCUT2D eigenvalue weighted by Crippen LogP contribution is 2.21. The van der Waals surface area contributed by atoms with Crippen LogP contribution in [0, 0.1) is 0 Å². The summed E-state index contributed by atoms with van der Waals surface area (Å²) in [6.07, 6.45) is 2.06. The molecule has 0 aromatic heterocycles. The topological polar surface area (TPSA) is 58.6 Å². The summed E-state index contributed by atoms with van der Waals surface area (Å²) in [4.78, 5) is 25.4. The Balaban J connectivity index is 1.56. The van der Waals surface area contributed by atoms with Crippen molar-refractivity contribution in [1.29, 1.82) is 0 Å². The summed E-state index contributed by atoms with van der Waals surface area (Å²) < 4.78 is 5.44. The molecular formula is C22H26N2O3. The number of morpholine rings is 1. The third-order valence-corrected chi connectivity index (χ3v) is 4.81. The molecular weight excluding hydrogens is 340 g/mol. The van der Waals surface area contributed by atoms with Gasteiger partial charge in [0.2, 0.25) is 5.91 Å². The lowest BCUT2D eigenvalue weighted by Crippen LogP contribution is -2.48. The molecule has 0 aliphatic carbocycles. The van der Waals surface area contributed by atoms with Gasteiger partial charge in [-0.1, -0.05) is 49.7 Å². The van der Waals surface area contributed by atoms with Crippen LogP contribution in [0.2, 0.25) is 0 Å². The van der Waals surface area contributed by atoms with Gasteiger partial charge < -0.3 is 15.0 Å². The fraction of sp³-hybridized carbons (Fsp3) is 0.364. The van der Waals surface area contributed by atoms with E-state index in [-0.39, 0.29) is 24.5 Å². The summed E-state index contributed by atoms with van der Waals surface area (Å²) in [7, 11) is 1.74. The van der Waals surface area contributed by atoms with E-state index in [0.29, 0.717) is 18.7 Å².